The first-order valence-electron chi connectivity index (χ1n) is 4.42. The van der Waals surface area contributed by atoms with E-state index < -0.39 is 5.97 Å². The number of benzene rings is 1. The molecule has 0 spiro atoms. The molecule has 1 rings (SSSR count). The quantitative estimate of drug-likeness (QED) is 0.624. The number of carbonyl (C=O) groups is 1. The minimum absolute atomic E-state index is 0.329. The van der Waals surface area contributed by atoms with Crippen molar-refractivity contribution in [3.05, 3.63) is 40.1 Å². The first-order chi connectivity index (χ1) is 7.11. The molecule has 0 unspecified atom stereocenters. The molecule has 0 saturated carbocycles. The molecular weight excluding hydrogens is 263 g/mol. The number of hydrogen-bond acceptors (Lipinski definition) is 2. The van der Waals surface area contributed by atoms with Crippen LogP contribution in [0.5, 0.6) is 0 Å². The average molecular weight is 273 g/mol. The lowest BCUT2D eigenvalue weighted by atomic mass is 10.2. The van der Waals surface area contributed by atoms with Crippen molar-refractivity contribution in [1.82, 2.24) is 0 Å². The third-order valence-electron chi connectivity index (χ3n) is 1.58. The molecule has 15 heavy (non-hydrogen) atoms. The van der Waals surface area contributed by atoms with E-state index in [1.54, 1.807) is 13.0 Å². The first-order valence-corrected chi connectivity index (χ1v) is 5.22. The highest BCUT2D eigenvalue weighted by Crippen LogP contribution is 2.15. The van der Waals surface area contributed by atoms with Crippen molar-refractivity contribution in [3.8, 4) is 0 Å². The van der Waals surface area contributed by atoms with Gasteiger partial charge in [-0.15, -0.1) is 0 Å². The molecule has 2 nitrogen and oxygen atoms in total. The Kier molecular flexibility index (Phi) is 4.49. The van der Waals surface area contributed by atoms with Gasteiger partial charge in [-0.3, -0.25) is 0 Å². The van der Waals surface area contributed by atoms with Crippen LogP contribution in [0.1, 0.15) is 12.5 Å². The van der Waals surface area contributed by atoms with E-state index in [2.05, 4.69) is 15.9 Å². The number of rotatable bonds is 3. The average Bonchev–Trinajstić information content (AvgIpc) is 2.14. The predicted molar refractivity (Wildman–Crippen MR) is 59.8 cm³/mol. The molecule has 1 aromatic rings. The van der Waals surface area contributed by atoms with Gasteiger partial charge in [0.25, 0.3) is 0 Å². The van der Waals surface area contributed by atoms with Crippen LogP contribution in [0.25, 0.3) is 6.08 Å². The van der Waals surface area contributed by atoms with Crippen molar-refractivity contribution in [2.45, 2.75) is 6.92 Å². The van der Waals surface area contributed by atoms with Crippen LogP contribution in [0.15, 0.2) is 28.7 Å². The lowest BCUT2D eigenvalue weighted by Gasteiger charge is -1.97. The summed E-state index contributed by atoms with van der Waals surface area (Å²) in [7, 11) is 0. The van der Waals surface area contributed by atoms with E-state index in [0.717, 1.165) is 0 Å². The predicted octanol–water partition coefficient (Wildman–Crippen LogP) is 3.16. The van der Waals surface area contributed by atoms with Gasteiger partial charge in [-0.25, -0.2) is 9.18 Å². The van der Waals surface area contributed by atoms with Crippen molar-refractivity contribution < 1.29 is 13.9 Å². The highest BCUT2D eigenvalue weighted by molar-refractivity contribution is 9.10. The Morgan fingerprint density at radius 2 is 2.27 bits per heavy atom. The second kappa shape index (κ2) is 5.66. The van der Waals surface area contributed by atoms with Gasteiger partial charge in [-0.2, -0.15) is 0 Å². The molecule has 80 valence electrons. The summed E-state index contributed by atoms with van der Waals surface area (Å²) in [5.41, 5.74) is 0.606. The van der Waals surface area contributed by atoms with Crippen molar-refractivity contribution >= 4 is 28.0 Å². The van der Waals surface area contributed by atoms with Gasteiger partial charge in [0, 0.05) is 10.5 Å². The van der Waals surface area contributed by atoms with Crippen molar-refractivity contribution in [1.29, 1.82) is 0 Å². The molecule has 0 aliphatic heterocycles. The maximum atomic E-state index is 12.9. The number of halogens is 2. The second-order valence-electron chi connectivity index (χ2n) is 2.79. The Labute approximate surface area is 95.9 Å². The van der Waals surface area contributed by atoms with Gasteiger partial charge in [0.05, 0.1) is 6.61 Å². The fourth-order valence-corrected chi connectivity index (χ4v) is 1.51. The van der Waals surface area contributed by atoms with Crippen LogP contribution in [0.4, 0.5) is 4.39 Å². The molecule has 0 heterocycles. The molecule has 4 heteroatoms. The Morgan fingerprint density at radius 3 is 2.87 bits per heavy atom. The molecule has 0 aromatic heterocycles. The minimum Gasteiger partial charge on any atom is -0.463 e. The van der Waals surface area contributed by atoms with E-state index in [1.807, 2.05) is 0 Å². The molecule has 0 saturated heterocycles. The SMILES string of the molecule is CCOC(=O)C=Cc1cc(F)cc(Br)c1. The number of carbonyl (C=O) groups excluding carboxylic acids is 1. The summed E-state index contributed by atoms with van der Waals surface area (Å²) < 4.78 is 18.2. The monoisotopic (exact) mass is 272 g/mol. The molecule has 0 N–H and O–H groups in total. The third-order valence-corrected chi connectivity index (χ3v) is 2.04. The lowest BCUT2D eigenvalue weighted by Crippen LogP contribution is -1.98. The maximum absolute atomic E-state index is 12.9. The van der Waals surface area contributed by atoms with E-state index in [9.17, 15) is 9.18 Å². The highest BCUT2D eigenvalue weighted by atomic mass is 79.9. The van der Waals surface area contributed by atoms with E-state index in [-0.39, 0.29) is 5.82 Å². The van der Waals surface area contributed by atoms with Crippen LogP contribution in [0, 0.1) is 5.82 Å². The van der Waals surface area contributed by atoms with Crippen molar-refractivity contribution in [3.63, 3.8) is 0 Å². The fourth-order valence-electron chi connectivity index (χ4n) is 1.03. The van der Waals surface area contributed by atoms with Crippen molar-refractivity contribution in [2.75, 3.05) is 6.61 Å². The van der Waals surface area contributed by atoms with Gasteiger partial charge < -0.3 is 4.74 Å². The van der Waals surface area contributed by atoms with Crippen molar-refractivity contribution in [2.24, 2.45) is 0 Å². The normalized spacial score (nSPS) is 10.6. The Balaban J connectivity index is 2.76. The van der Waals surface area contributed by atoms with Gasteiger partial charge in [-0.1, -0.05) is 15.9 Å². The fraction of sp³-hybridized carbons (Fsp3) is 0.182. The van der Waals surface area contributed by atoms with E-state index in [0.29, 0.717) is 16.6 Å². The number of ether oxygens (including phenoxy) is 1. The Morgan fingerprint density at radius 1 is 1.53 bits per heavy atom. The molecule has 0 radical (unpaired) electrons. The van der Waals surface area contributed by atoms with Crippen LogP contribution in [-0.4, -0.2) is 12.6 Å². The number of hydrogen-bond donors (Lipinski definition) is 0. The Bertz CT molecular complexity index is 368. The van der Waals surface area contributed by atoms with Crippen LogP contribution in [0.2, 0.25) is 0 Å². The molecule has 0 atom stereocenters. The standard InChI is InChI=1S/C11H10BrFO2/c1-2-15-11(14)4-3-8-5-9(12)7-10(13)6-8/h3-7H,2H2,1H3. The number of esters is 1. The zero-order valence-electron chi connectivity index (χ0n) is 8.17. The van der Waals surface area contributed by atoms with E-state index in [4.69, 9.17) is 4.74 Å². The largest absolute Gasteiger partial charge is 0.463 e. The van der Waals surface area contributed by atoms with Gasteiger partial charge in [0.1, 0.15) is 5.82 Å². The summed E-state index contributed by atoms with van der Waals surface area (Å²) in [6.07, 6.45) is 2.77. The molecule has 0 bridgehead atoms. The van der Waals surface area contributed by atoms with Crippen LogP contribution >= 0.6 is 15.9 Å². The lowest BCUT2D eigenvalue weighted by molar-refractivity contribution is -0.137. The van der Waals surface area contributed by atoms with Crippen LogP contribution in [-0.2, 0) is 9.53 Å². The van der Waals surface area contributed by atoms with Gasteiger partial charge in [-0.05, 0) is 36.8 Å². The summed E-state index contributed by atoms with van der Waals surface area (Å²) >= 11 is 3.16. The van der Waals surface area contributed by atoms with Crippen LogP contribution < -0.4 is 0 Å². The second-order valence-corrected chi connectivity index (χ2v) is 3.70. The zero-order chi connectivity index (χ0) is 11.3. The maximum Gasteiger partial charge on any atom is 0.330 e. The highest BCUT2D eigenvalue weighted by Gasteiger charge is 1.97. The summed E-state index contributed by atoms with van der Waals surface area (Å²) in [4.78, 5) is 11.0. The summed E-state index contributed by atoms with van der Waals surface area (Å²) in [6, 6.07) is 4.39. The smallest absolute Gasteiger partial charge is 0.330 e. The van der Waals surface area contributed by atoms with E-state index >= 15 is 0 Å². The molecule has 0 aliphatic rings. The van der Waals surface area contributed by atoms with Gasteiger partial charge >= 0.3 is 5.97 Å². The Hall–Kier alpha value is -1.16. The molecule has 0 amide bonds. The third kappa shape index (κ3) is 4.25. The van der Waals surface area contributed by atoms with Gasteiger partial charge in [0.15, 0.2) is 0 Å². The molecule has 1 aromatic carbocycles. The molecule has 0 aliphatic carbocycles. The topological polar surface area (TPSA) is 26.3 Å². The van der Waals surface area contributed by atoms with Gasteiger partial charge in [0.2, 0.25) is 0 Å². The minimum atomic E-state index is -0.433. The zero-order valence-corrected chi connectivity index (χ0v) is 9.75. The summed E-state index contributed by atoms with van der Waals surface area (Å²) in [5.74, 6) is -0.786. The summed E-state index contributed by atoms with van der Waals surface area (Å²) in [6.45, 7) is 2.06. The molecular formula is C11H10BrFO2. The molecule has 0 fully saturated rings. The van der Waals surface area contributed by atoms with E-state index in [1.165, 1.54) is 24.3 Å². The van der Waals surface area contributed by atoms with Crippen LogP contribution in [0.3, 0.4) is 0 Å². The first kappa shape index (κ1) is 11.9. The summed E-state index contributed by atoms with van der Waals surface area (Å²) in [5, 5.41) is 0.